The number of likely N-dealkylation sites (tertiary alicyclic amines) is 1. The molecule has 3 heteroatoms. The van der Waals surface area contributed by atoms with Crippen LogP contribution in [0.4, 0.5) is 0 Å². The quantitative estimate of drug-likeness (QED) is 0.833. The van der Waals surface area contributed by atoms with Crippen LogP contribution in [0, 0.1) is 0 Å². The molecule has 1 fully saturated rings. The number of para-hydroxylation sites is 1. The van der Waals surface area contributed by atoms with Crippen LogP contribution in [0.3, 0.4) is 0 Å². The van der Waals surface area contributed by atoms with Crippen LogP contribution in [-0.4, -0.2) is 30.0 Å². The predicted octanol–water partition coefficient (Wildman–Crippen LogP) is 3.20. The van der Waals surface area contributed by atoms with Crippen LogP contribution in [0.1, 0.15) is 45.1 Å². The van der Waals surface area contributed by atoms with Gasteiger partial charge in [-0.05, 0) is 37.3 Å². The summed E-state index contributed by atoms with van der Waals surface area (Å²) in [5.41, 5.74) is 1.16. The molecule has 1 amide bonds. The fourth-order valence-corrected chi connectivity index (χ4v) is 2.50. The van der Waals surface area contributed by atoms with Crippen LogP contribution in [0.2, 0.25) is 0 Å². The largest absolute Gasteiger partial charge is 0.481 e. The number of amides is 1. The second kappa shape index (κ2) is 6.09. The van der Waals surface area contributed by atoms with Crippen LogP contribution in [0.5, 0.6) is 5.75 Å². The third-order valence-corrected chi connectivity index (χ3v) is 3.61. The van der Waals surface area contributed by atoms with E-state index in [2.05, 4.69) is 19.9 Å². The minimum atomic E-state index is -0.405. The van der Waals surface area contributed by atoms with E-state index in [9.17, 15) is 4.79 Å². The molecular formula is C16H23NO2. The summed E-state index contributed by atoms with van der Waals surface area (Å²) in [7, 11) is 0. The molecule has 1 aliphatic rings. The first-order chi connectivity index (χ1) is 9.09. The van der Waals surface area contributed by atoms with E-state index in [0.717, 1.165) is 37.2 Å². The Balaban J connectivity index is 2.06. The molecule has 0 saturated carbocycles. The highest BCUT2D eigenvalue weighted by molar-refractivity contribution is 5.81. The first kappa shape index (κ1) is 13.9. The number of nitrogens with zero attached hydrogens (tertiary/aromatic N) is 1. The van der Waals surface area contributed by atoms with E-state index in [1.165, 1.54) is 0 Å². The zero-order chi connectivity index (χ0) is 13.8. The van der Waals surface area contributed by atoms with E-state index in [1.807, 2.05) is 30.0 Å². The topological polar surface area (TPSA) is 29.5 Å². The summed E-state index contributed by atoms with van der Waals surface area (Å²) in [5.74, 6) is 1.33. The molecular weight excluding hydrogens is 238 g/mol. The van der Waals surface area contributed by atoms with Gasteiger partial charge in [0.25, 0.3) is 5.91 Å². The lowest BCUT2D eigenvalue weighted by atomic mass is 10.0. The zero-order valence-corrected chi connectivity index (χ0v) is 12.1. The zero-order valence-electron chi connectivity index (χ0n) is 12.1. The van der Waals surface area contributed by atoms with Gasteiger partial charge < -0.3 is 9.64 Å². The molecule has 0 aliphatic carbocycles. The monoisotopic (exact) mass is 261 g/mol. The summed E-state index contributed by atoms with van der Waals surface area (Å²) in [4.78, 5) is 14.1. The summed E-state index contributed by atoms with van der Waals surface area (Å²) in [6, 6.07) is 7.97. The lowest BCUT2D eigenvalue weighted by Gasteiger charge is -2.23. The fraction of sp³-hybridized carbons (Fsp3) is 0.562. The van der Waals surface area contributed by atoms with E-state index in [1.54, 1.807) is 0 Å². The minimum Gasteiger partial charge on any atom is -0.481 e. The first-order valence-electron chi connectivity index (χ1n) is 7.14. The van der Waals surface area contributed by atoms with Crippen LogP contribution >= 0.6 is 0 Å². The van der Waals surface area contributed by atoms with E-state index < -0.39 is 6.10 Å². The normalized spacial score (nSPS) is 16.7. The summed E-state index contributed by atoms with van der Waals surface area (Å²) in [5, 5.41) is 0. The average Bonchev–Trinajstić information content (AvgIpc) is 2.92. The van der Waals surface area contributed by atoms with Gasteiger partial charge in [0.15, 0.2) is 6.10 Å². The molecule has 1 atom stereocenters. The molecule has 104 valence electrons. The number of benzene rings is 1. The molecule has 2 rings (SSSR count). The molecule has 0 bridgehead atoms. The van der Waals surface area contributed by atoms with Gasteiger partial charge in [-0.15, -0.1) is 0 Å². The Bertz CT molecular complexity index is 436. The number of carbonyl (C=O) groups is 1. The Kier molecular flexibility index (Phi) is 4.46. The molecule has 1 heterocycles. The predicted molar refractivity (Wildman–Crippen MR) is 76.4 cm³/mol. The van der Waals surface area contributed by atoms with Gasteiger partial charge >= 0.3 is 0 Å². The van der Waals surface area contributed by atoms with Gasteiger partial charge in [0.05, 0.1) is 0 Å². The number of carbonyl (C=O) groups excluding carboxylic acids is 1. The molecule has 0 radical (unpaired) electrons. The maximum absolute atomic E-state index is 12.2. The van der Waals surface area contributed by atoms with Gasteiger partial charge in [-0.1, -0.05) is 32.0 Å². The Morgan fingerprint density at radius 3 is 2.42 bits per heavy atom. The second-order valence-electron chi connectivity index (χ2n) is 5.48. The van der Waals surface area contributed by atoms with Crippen molar-refractivity contribution in [2.24, 2.45) is 0 Å². The number of hydrogen-bond donors (Lipinski definition) is 0. The number of ether oxygens (including phenoxy) is 1. The molecule has 0 aromatic heterocycles. The summed E-state index contributed by atoms with van der Waals surface area (Å²) in [6.07, 6.45) is 1.82. The van der Waals surface area contributed by atoms with Crippen LogP contribution in [0.15, 0.2) is 24.3 Å². The first-order valence-corrected chi connectivity index (χ1v) is 7.14. The number of hydrogen-bond acceptors (Lipinski definition) is 2. The van der Waals surface area contributed by atoms with Crippen molar-refractivity contribution in [2.75, 3.05) is 13.1 Å². The van der Waals surface area contributed by atoms with Crippen LogP contribution in [0.25, 0.3) is 0 Å². The fourth-order valence-electron chi connectivity index (χ4n) is 2.50. The van der Waals surface area contributed by atoms with Gasteiger partial charge in [0.1, 0.15) is 5.75 Å². The molecule has 1 aromatic carbocycles. The Morgan fingerprint density at radius 1 is 1.16 bits per heavy atom. The Labute approximate surface area is 115 Å². The van der Waals surface area contributed by atoms with Gasteiger partial charge in [0, 0.05) is 13.1 Å². The van der Waals surface area contributed by atoms with Crippen molar-refractivity contribution < 1.29 is 9.53 Å². The van der Waals surface area contributed by atoms with E-state index >= 15 is 0 Å². The van der Waals surface area contributed by atoms with E-state index in [0.29, 0.717) is 5.92 Å². The molecule has 0 unspecified atom stereocenters. The van der Waals surface area contributed by atoms with Crippen molar-refractivity contribution in [3.8, 4) is 5.75 Å². The smallest absolute Gasteiger partial charge is 0.263 e. The van der Waals surface area contributed by atoms with Gasteiger partial charge in [-0.25, -0.2) is 0 Å². The van der Waals surface area contributed by atoms with Gasteiger partial charge in [-0.3, -0.25) is 4.79 Å². The highest BCUT2D eigenvalue weighted by Crippen LogP contribution is 2.27. The van der Waals surface area contributed by atoms with Crippen LogP contribution in [-0.2, 0) is 4.79 Å². The third-order valence-electron chi connectivity index (χ3n) is 3.61. The highest BCUT2D eigenvalue weighted by Gasteiger charge is 2.25. The average molecular weight is 261 g/mol. The Morgan fingerprint density at radius 2 is 1.79 bits per heavy atom. The molecule has 1 saturated heterocycles. The summed E-state index contributed by atoms with van der Waals surface area (Å²) >= 11 is 0. The lowest BCUT2D eigenvalue weighted by molar-refractivity contribution is -0.136. The number of rotatable bonds is 4. The van der Waals surface area contributed by atoms with Gasteiger partial charge in [0.2, 0.25) is 0 Å². The van der Waals surface area contributed by atoms with E-state index in [-0.39, 0.29) is 5.91 Å². The highest BCUT2D eigenvalue weighted by atomic mass is 16.5. The molecule has 19 heavy (non-hydrogen) atoms. The SMILES string of the molecule is CC(C)c1ccccc1O[C@@H](C)C(=O)N1CCCC1. The standard InChI is InChI=1S/C16H23NO2/c1-12(2)14-8-4-5-9-15(14)19-13(3)16(18)17-10-6-7-11-17/h4-5,8-9,12-13H,6-7,10-11H2,1-3H3/t13-/m0/s1. The molecule has 0 N–H and O–H groups in total. The van der Waals surface area contributed by atoms with Gasteiger partial charge in [-0.2, -0.15) is 0 Å². The molecule has 0 spiro atoms. The van der Waals surface area contributed by atoms with Crippen molar-refractivity contribution in [3.63, 3.8) is 0 Å². The van der Waals surface area contributed by atoms with Crippen molar-refractivity contribution in [1.29, 1.82) is 0 Å². The van der Waals surface area contributed by atoms with Crippen LogP contribution < -0.4 is 4.74 Å². The maximum Gasteiger partial charge on any atom is 0.263 e. The van der Waals surface area contributed by atoms with Crippen molar-refractivity contribution in [2.45, 2.75) is 45.6 Å². The summed E-state index contributed by atoms with van der Waals surface area (Å²) < 4.78 is 5.89. The second-order valence-corrected chi connectivity index (χ2v) is 5.48. The minimum absolute atomic E-state index is 0.107. The molecule has 1 aliphatic heterocycles. The summed E-state index contributed by atoms with van der Waals surface area (Å²) in [6.45, 7) is 7.86. The van der Waals surface area contributed by atoms with Crippen molar-refractivity contribution in [3.05, 3.63) is 29.8 Å². The van der Waals surface area contributed by atoms with Crippen molar-refractivity contribution in [1.82, 2.24) is 4.90 Å². The lowest BCUT2D eigenvalue weighted by Crippen LogP contribution is -2.38. The maximum atomic E-state index is 12.2. The molecule has 1 aromatic rings. The van der Waals surface area contributed by atoms with Crippen molar-refractivity contribution >= 4 is 5.91 Å². The van der Waals surface area contributed by atoms with E-state index in [4.69, 9.17) is 4.74 Å². The third kappa shape index (κ3) is 3.28. The Hall–Kier alpha value is -1.51. The molecule has 3 nitrogen and oxygen atoms in total.